The Morgan fingerprint density at radius 2 is 1.56 bits per heavy atom. The molecule has 1 amide bonds. The molecule has 0 heterocycles. The van der Waals surface area contributed by atoms with E-state index in [0.29, 0.717) is 17.7 Å². The highest BCUT2D eigenvalue weighted by Crippen LogP contribution is 2.16. The van der Waals surface area contributed by atoms with Gasteiger partial charge in [-0.25, -0.2) is 4.79 Å². The minimum Gasteiger partial charge on any atom is -0.465 e. The number of halogens is 2. The average Bonchev–Trinajstić information content (AvgIpc) is 2.61. The smallest absolute Gasteiger partial charge is 0.387 e. The zero-order valence-electron chi connectivity index (χ0n) is 13.7. The minimum atomic E-state index is -2.91. The number of carbonyl (C=O) groups is 2. The van der Waals surface area contributed by atoms with Gasteiger partial charge in [0.2, 0.25) is 0 Å². The summed E-state index contributed by atoms with van der Waals surface area (Å²) in [5.74, 6) is -0.699. The molecule has 0 N–H and O–H groups in total. The van der Waals surface area contributed by atoms with E-state index < -0.39 is 12.6 Å². The summed E-state index contributed by atoms with van der Waals surface area (Å²) in [6, 6.07) is 12.2. The number of alkyl halides is 2. The predicted octanol–water partition coefficient (Wildman–Crippen LogP) is 3.35. The van der Waals surface area contributed by atoms with Gasteiger partial charge in [-0.3, -0.25) is 4.79 Å². The first-order valence-electron chi connectivity index (χ1n) is 7.38. The molecule has 0 spiro atoms. The van der Waals surface area contributed by atoms with E-state index in [1.54, 1.807) is 31.3 Å². The fraction of sp³-hybridized carbons (Fsp3) is 0.222. The molecule has 25 heavy (non-hydrogen) atoms. The minimum absolute atomic E-state index is 0.00685. The van der Waals surface area contributed by atoms with Gasteiger partial charge in [0.05, 0.1) is 12.7 Å². The van der Waals surface area contributed by atoms with E-state index >= 15 is 0 Å². The van der Waals surface area contributed by atoms with Crippen molar-refractivity contribution in [3.05, 3.63) is 65.2 Å². The second kappa shape index (κ2) is 8.23. The molecular formula is C18H17F2NO4. The zero-order valence-corrected chi connectivity index (χ0v) is 13.7. The highest BCUT2D eigenvalue weighted by atomic mass is 19.3. The standard InChI is InChI=1S/C18H17F2NO4/c1-21(11-12-3-5-14(6-4-12)17(23)24-2)16(22)13-7-9-15(10-8-13)25-18(19)20/h3-10,18H,11H2,1-2H3. The van der Waals surface area contributed by atoms with E-state index in [1.165, 1.54) is 36.3 Å². The molecule has 0 fully saturated rings. The molecule has 2 aromatic rings. The molecule has 0 aliphatic heterocycles. The lowest BCUT2D eigenvalue weighted by Gasteiger charge is -2.17. The number of hydrogen-bond donors (Lipinski definition) is 0. The third-order valence-electron chi connectivity index (χ3n) is 3.47. The van der Waals surface area contributed by atoms with Gasteiger partial charge in [-0.1, -0.05) is 12.1 Å². The Bertz CT molecular complexity index is 730. The van der Waals surface area contributed by atoms with Crippen LogP contribution in [0.5, 0.6) is 5.75 Å². The summed E-state index contributed by atoms with van der Waals surface area (Å²) in [5.41, 5.74) is 1.62. The van der Waals surface area contributed by atoms with Gasteiger partial charge in [0, 0.05) is 19.2 Å². The molecule has 0 aliphatic rings. The maximum Gasteiger partial charge on any atom is 0.387 e. The maximum absolute atomic E-state index is 12.4. The van der Waals surface area contributed by atoms with Crippen molar-refractivity contribution in [3.8, 4) is 5.75 Å². The Hall–Kier alpha value is -2.96. The average molecular weight is 349 g/mol. The van der Waals surface area contributed by atoms with Crippen LogP contribution in [0.3, 0.4) is 0 Å². The highest BCUT2D eigenvalue weighted by Gasteiger charge is 2.13. The number of benzene rings is 2. The van der Waals surface area contributed by atoms with Crippen molar-refractivity contribution in [3.63, 3.8) is 0 Å². The van der Waals surface area contributed by atoms with Crippen molar-refractivity contribution in [1.82, 2.24) is 4.90 Å². The lowest BCUT2D eigenvalue weighted by atomic mass is 10.1. The molecule has 5 nitrogen and oxygen atoms in total. The molecular weight excluding hydrogens is 332 g/mol. The van der Waals surface area contributed by atoms with E-state index in [2.05, 4.69) is 9.47 Å². The van der Waals surface area contributed by atoms with Gasteiger partial charge in [-0.05, 0) is 42.0 Å². The number of hydrogen-bond acceptors (Lipinski definition) is 4. The Morgan fingerprint density at radius 1 is 1.00 bits per heavy atom. The van der Waals surface area contributed by atoms with Crippen LogP contribution in [0.4, 0.5) is 8.78 Å². The number of methoxy groups -OCH3 is 1. The van der Waals surface area contributed by atoms with Crippen LogP contribution >= 0.6 is 0 Å². The van der Waals surface area contributed by atoms with Crippen molar-refractivity contribution in [2.45, 2.75) is 13.2 Å². The van der Waals surface area contributed by atoms with Crippen LogP contribution < -0.4 is 4.74 Å². The van der Waals surface area contributed by atoms with E-state index in [4.69, 9.17) is 0 Å². The predicted molar refractivity (Wildman–Crippen MR) is 86.7 cm³/mol. The quantitative estimate of drug-likeness (QED) is 0.751. The lowest BCUT2D eigenvalue weighted by Crippen LogP contribution is -2.26. The fourth-order valence-electron chi connectivity index (χ4n) is 2.21. The highest BCUT2D eigenvalue weighted by molar-refractivity contribution is 5.94. The SMILES string of the molecule is COC(=O)c1ccc(CN(C)C(=O)c2ccc(OC(F)F)cc2)cc1. The summed E-state index contributed by atoms with van der Waals surface area (Å²) in [5, 5.41) is 0. The number of carbonyl (C=O) groups excluding carboxylic acids is 2. The van der Waals surface area contributed by atoms with E-state index in [0.717, 1.165) is 5.56 Å². The number of amides is 1. The molecule has 0 aliphatic carbocycles. The summed E-state index contributed by atoms with van der Waals surface area (Å²) in [4.78, 5) is 25.2. The van der Waals surface area contributed by atoms with Gasteiger partial charge in [0.1, 0.15) is 5.75 Å². The summed E-state index contributed by atoms with van der Waals surface area (Å²) >= 11 is 0. The van der Waals surface area contributed by atoms with Gasteiger partial charge in [0.15, 0.2) is 0 Å². The number of nitrogens with zero attached hydrogens (tertiary/aromatic N) is 1. The molecule has 0 bridgehead atoms. The van der Waals surface area contributed by atoms with E-state index in [9.17, 15) is 18.4 Å². The van der Waals surface area contributed by atoms with Crippen LogP contribution in [-0.4, -0.2) is 37.5 Å². The normalized spacial score (nSPS) is 10.4. The lowest BCUT2D eigenvalue weighted by molar-refractivity contribution is -0.0498. The molecule has 132 valence electrons. The first-order valence-corrected chi connectivity index (χ1v) is 7.38. The largest absolute Gasteiger partial charge is 0.465 e. The Morgan fingerprint density at radius 3 is 2.08 bits per heavy atom. The summed E-state index contributed by atoms with van der Waals surface area (Å²) in [7, 11) is 2.93. The number of esters is 1. The van der Waals surface area contributed by atoms with Crippen molar-refractivity contribution in [1.29, 1.82) is 0 Å². The van der Waals surface area contributed by atoms with Crippen molar-refractivity contribution >= 4 is 11.9 Å². The maximum atomic E-state index is 12.4. The van der Waals surface area contributed by atoms with Gasteiger partial charge in [-0.2, -0.15) is 8.78 Å². The fourth-order valence-corrected chi connectivity index (χ4v) is 2.21. The van der Waals surface area contributed by atoms with Crippen LogP contribution in [0.15, 0.2) is 48.5 Å². The first kappa shape index (κ1) is 18.4. The van der Waals surface area contributed by atoms with Gasteiger partial charge in [-0.15, -0.1) is 0 Å². The number of rotatable bonds is 6. The van der Waals surface area contributed by atoms with Gasteiger partial charge in [0.25, 0.3) is 5.91 Å². The van der Waals surface area contributed by atoms with E-state index in [-0.39, 0.29) is 11.7 Å². The second-order valence-corrected chi connectivity index (χ2v) is 5.25. The van der Waals surface area contributed by atoms with Crippen molar-refractivity contribution < 1.29 is 27.8 Å². The van der Waals surface area contributed by atoms with Gasteiger partial charge >= 0.3 is 12.6 Å². The zero-order chi connectivity index (χ0) is 18.4. The molecule has 0 unspecified atom stereocenters. The Labute approximate surface area is 143 Å². The third kappa shape index (κ3) is 5.00. The first-order chi connectivity index (χ1) is 11.9. The van der Waals surface area contributed by atoms with Gasteiger partial charge < -0.3 is 14.4 Å². The molecule has 0 saturated carbocycles. The van der Waals surface area contributed by atoms with Crippen molar-refractivity contribution in [2.75, 3.05) is 14.2 Å². The van der Waals surface area contributed by atoms with Crippen LogP contribution in [0.25, 0.3) is 0 Å². The van der Waals surface area contributed by atoms with Crippen LogP contribution in [0.1, 0.15) is 26.3 Å². The molecule has 2 aromatic carbocycles. The Balaban J connectivity index is 2.01. The van der Waals surface area contributed by atoms with Crippen LogP contribution in [0, 0.1) is 0 Å². The summed E-state index contributed by atoms with van der Waals surface area (Å²) < 4.78 is 33.1. The van der Waals surface area contributed by atoms with Crippen LogP contribution in [0.2, 0.25) is 0 Å². The molecule has 7 heteroatoms. The third-order valence-corrected chi connectivity index (χ3v) is 3.47. The molecule has 0 saturated heterocycles. The molecule has 2 rings (SSSR count). The van der Waals surface area contributed by atoms with Crippen LogP contribution in [-0.2, 0) is 11.3 Å². The second-order valence-electron chi connectivity index (χ2n) is 5.25. The molecule has 0 aromatic heterocycles. The Kier molecular flexibility index (Phi) is 6.05. The topological polar surface area (TPSA) is 55.8 Å². The summed E-state index contributed by atoms with van der Waals surface area (Å²) in [6.45, 7) is -2.58. The monoisotopic (exact) mass is 349 g/mol. The van der Waals surface area contributed by atoms with Crippen molar-refractivity contribution in [2.24, 2.45) is 0 Å². The number of ether oxygens (including phenoxy) is 2. The molecule has 0 atom stereocenters. The molecule has 0 radical (unpaired) electrons. The summed E-state index contributed by atoms with van der Waals surface area (Å²) in [6.07, 6.45) is 0. The van der Waals surface area contributed by atoms with E-state index in [1.807, 2.05) is 0 Å².